The van der Waals surface area contributed by atoms with Gasteiger partial charge in [0, 0.05) is 23.9 Å². The molecule has 66 heavy (non-hydrogen) atoms. The fraction of sp³-hybridized carbons (Fsp3) is 0.694. The number of hydrogen-bond donors (Lipinski definition) is 0. The number of alkyl halides is 25. The predicted molar refractivity (Wildman–Crippen MR) is 182 cm³/mol. The average Bonchev–Trinajstić information content (AvgIpc) is 3.15. The van der Waals surface area contributed by atoms with E-state index in [0.29, 0.717) is 17.4 Å². The highest BCUT2D eigenvalue weighted by molar-refractivity contribution is 5.85. The van der Waals surface area contributed by atoms with Gasteiger partial charge in [-0.3, -0.25) is 4.98 Å². The lowest BCUT2D eigenvalue weighted by Gasteiger charge is -2.45. The van der Waals surface area contributed by atoms with Crippen molar-refractivity contribution < 1.29 is 131 Å². The minimum atomic E-state index is -9.58. The summed E-state index contributed by atoms with van der Waals surface area (Å²) in [7, 11) is 3.67. The molecule has 0 aliphatic heterocycles. The van der Waals surface area contributed by atoms with Crippen molar-refractivity contribution >= 4 is 12.4 Å². The maximum atomic E-state index is 14.2. The summed E-state index contributed by atoms with van der Waals surface area (Å²) in [5.74, 6) is -97.9. The molecular formula is C36H39Cl2F25N2O. The van der Waals surface area contributed by atoms with Crippen molar-refractivity contribution in [1.29, 1.82) is 0 Å². The molecule has 0 spiro atoms. The van der Waals surface area contributed by atoms with Crippen molar-refractivity contribution in [3.05, 3.63) is 66.0 Å². The summed E-state index contributed by atoms with van der Waals surface area (Å²) in [6.45, 7) is 2.92. The molecule has 0 bridgehead atoms. The molecule has 0 atom stereocenters. The Hall–Kier alpha value is -2.88. The minimum absolute atomic E-state index is 0. The molecule has 0 fully saturated rings. The van der Waals surface area contributed by atoms with Gasteiger partial charge in [-0.1, -0.05) is 62.1 Å². The first-order chi connectivity index (χ1) is 28.4. The molecule has 2 rings (SSSR count). The number of nitrogens with zero attached hydrogens (tertiary/aromatic N) is 2. The smallest absolute Gasteiger partial charge is 0.460 e. The van der Waals surface area contributed by atoms with Crippen molar-refractivity contribution in [2.75, 3.05) is 27.4 Å². The minimum Gasteiger partial charge on any atom is -1.00 e. The van der Waals surface area contributed by atoms with E-state index in [9.17, 15) is 110 Å². The van der Waals surface area contributed by atoms with Crippen LogP contribution in [0.1, 0.15) is 56.2 Å². The van der Waals surface area contributed by atoms with Gasteiger partial charge in [-0.25, -0.2) is 0 Å². The van der Waals surface area contributed by atoms with Crippen LogP contribution in [-0.4, -0.2) is 108 Å². The number of hydrogen-bond acceptors (Lipinski definition) is 2. The van der Waals surface area contributed by atoms with Gasteiger partial charge in [0.15, 0.2) is 6.73 Å². The largest absolute Gasteiger partial charge is 1.00 e. The molecule has 30 heteroatoms. The number of aromatic nitrogens is 1. The highest BCUT2D eigenvalue weighted by atomic mass is 35.5. The molecule has 0 aliphatic rings. The third kappa shape index (κ3) is 12.7. The van der Waals surface area contributed by atoms with Gasteiger partial charge in [-0.05, 0) is 31.9 Å². The van der Waals surface area contributed by atoms with Crippen molar-refractivity contribution in [2.24, 2.45) is 0 Å². The first-order valence-electron chi connectivity index (χ1n) is 18.0. The molecule has 2 aromatic rings. The lowest BCUT2D eigenvalue weighted by Crippen LogP contribution is -3.00. The van der Waals surface area contributed by atoms with Crippen LogP contribution in [0.25, 0.3) is 0 Å². The van der Waals surface area contributed by atoms with Crippen LogP contribution in [0.5, 0.6) is 0 Å². The van der Waals surface area contributed by atoms with E-state index in [-0.39, 0.29) is 57.4 Å². The maximum absolute atomic E-state index is 14.2. The molecule has 1 aromatic carbocycles. The zero-order valence-electron chi connectivity index (χ0n) is 33.8. The average molecular weight is 1060 g/mol. The van der Waals surface area contributed by atoms with Crippen molar-refractivity contribution in [3.63, 3.8) is 0 Å². The Labute approximate surface area is 371 Å². The van der Waals surface area contributed by atoms with Gasteiger partial charge in [-0.2, -0.15) is 110 Å². The van der Waals surface area contributed by atoms with Gasteiger partial charge in [-0.15, -0.1) is 12.4 Å². The number of pyridine rings is 1. The van der Waals surface area contributed by atoms with Gasteiger partial charge >= 0.3 is 71.3 Å². The number of quaternary nitrogens is 1. The molecule has 388 valence electrons. The maximum Gasteiger partial charge on any atom is 0.460 e. The van der Waals surface area contributed by atoms with E-state index in [1.807, 2.05) is 63.5 Å². The van der Waals surface area contributed by atoms with Crippen LogP contribution < -0.4 is 12.4 Å². The third-order valence-corrected chi connectivity index (χ3v) is 9.10. The fourth-order valence-electron chi connectivity index (χ4n) is 5.28. The van der Waals surface area contributed by atoms with Crippen LogP contribution in [0, 0.1) is 6.92 Å². The molecule has 0 radical (unpaired) electrons. The molecule has 0 amide bonds. The molecule has 1 heterocycles. The van der Waals surface area contributed by atoms with E-state index in [1.165, 1.54) is 0 Å². The van der Waals surface area contributed by atoms with Crippen molar-refractivity contribution in [3.8, 4) is 0 Å². The van der Waals surface area contributed by atoms with E-state index in [0.717, 1.165) is 11.3 Å². The molecule has 3 nitrogen and oxygen atoms in total. The van der Waals surface area contributed by atoms with E-state index < -0.39 is 90.6 Å². The third-order valence-electron chi connectivity index (χ3n) is 9.10. The molecule has 0 saturated carbocycles. The molecular weight excluding hydrogens is 1020 g/mol. The summed E-state index contributed by atoms with van der Waals surface area (Å²) >= 11 is 0. The zero-order valence-corrected chi connectivity index (χ0v) is 35.4. The highest BCUT2D eigenvalue weighted by Gasteiger charge is 2.99. The summed E-state index contributed by atoms with van der Waals surface area (Å²) in [6, 6.07) is 15.0. The van der Waals surface area contributed by atoms with Crippen LogP contribution in [0.15, 0.2) is 54.7 Å². The Balaban J connectivity index is 0. The molecule has 0 unspecified atom stereocenters. The Morgan fingerprint density at radius 1 is 0.455 bits per heavy atom. The number of benzene rings is 1. The normalized spacial score (nSPS) is 14.5. The number of aryl methyl sites for hydroxylation is 1. The number of ether oxygens (including phenoxy) is 1. The second kappa shape index (κ2) is 22.3. The Bertz CT molecular complexity index is 1740. The van der Waals surface area contributed by atoms with Crippen molar-refractivity contribution in [1.82, 2.24) is 4.98 Å². The second-order valence-corrected chi connectivity index (χ2v) is 14.9. The van der Waals surface area contributed by atoms with Gasteiger partial charge < -0.3 is 21.6 Å². The van der Waals surface area contributed by atoms with Crippen LogP contribution in [0.4, 0.5) is 110 Å². The SMILES string of the molecule is C[N+](C)(COCCCCCCCCC(F)(F)C(F)(F)C(F)(F)C(F)(F)C(F)(F)C(F)(F)C(F)(F)C(F)(F)C(F)(F)C(F)(F)C(F)(F)C(F)(F)F)Cc1ccccc1.Cc1ccccn1.Cl.[Cl-]. The first-order valence-corrected chi connectivity index (χ1v) is 18.0. The number of unbranched alkanes of at least 4 members (excludes halogenated alkanes) is 5. The summed E-state index contributed by atoms with van der Waals surface area (Å²) in [4.78, 5) is 3.98. The van der Waals surface area contributed by atoms with Crippen LogP contribution in [0.3, 0.4) is 0 Å². The predicted octanol–water partition coefficient (Wildman–Crippen LogP) is 11.3. The van der Waals surface area contributed by atoms with Crippen LogP contribution in [-0.2, 0) is 11.3 Å². The summed E-state index contributed by atoms with van der Waals surface area (Å²) in [6.07, 6.45) is -10.5. The van der Waals surface area contributed by atoms with Crippen LogP contribution >= 0.6 is 12.4 Å². The summed E-state index contributed by atoms with van der Waals surface area (Å²) < 4.78 is 346. The summed E-state index contributed by atoms with van der Waals surface area (Å²) in [5, 5.41) is 0. The highest BCUT2D eigenvalue weighted by Crippen LogP contribution is 2.68. The quantitative estimate of drug-likeness (QED) is 0.0479. The van der Waals surface area contributed by atoms with Gasteiger partial charge in [0.25, 0.3) is 0 Å². The van der Waals surface area contributed by atoms with Gasteiger partial charge in [0.2, 0.25) is 0 Å². The number of rotatable bonds is 23. The molecule has 0 N–H and O–H groups in total. The fourth-order valence-corrected chi connectivity index (χ4v) is 5.28. The Kier molecular flexibility index (Phi) is 22.0. The van der Waals surface area contributed by atoms with E-state index in [4.69, 9.17) is 4.74 Å². The first kappa shape index (κ1) is 65.2. The second-order valence-electron chi connectivity index (χ2n) is 14.9. The molecule has 1 aromatic heterocycles. The van der Waals surface area contributed by atoms with E-state index >= 15 is 0 Å². The standard InChI is InChI=1S/C30H31F25NO.C6H7N.2ClH/c1-56(2,16-18-12-8-7-9-13-18)17-57-15-11-6-4-3-5-10-14-19(31,32)20(33,34)21(35,36)22(37,38)23(39,40)24(41,42)25(43,44)26(45,46)27(47,48)28(49,50)29(51,52)30(53,54)55;1-6-4-2-3-5-7-6;;/h7-9,12-13H,3-6,10-11,14-17H2,1-2H3;2-5H,1H3;2*1H/q+1;;;/p-1. The Morgan fingerprint density at radius 2 is 0.803 bits per heavy atom. The van der Waals surface area contributed by atoms with Crippen molar-refractivity contribution in [2.45, 2.75) is 130 Å². The molecule has 0 saturated heterocycles. The monoisotopic (exact) mass is 1060 g/mol. The molecule has 0 aliphatic carbocycles. The lowest BCUT2D eigenvalue weighted by molar-refractivity contribution is -0.922. The number of halogens is 27. The van der Waals surface area contributed by atoms with E-state index in [1.54, 1.807) is 12.3 Å². The van der Waals surface area contributed by atoms with E-state index in [2.05, 4.69) is 4.98 Å². The lowest BCUT2D eigenvalue weighted by atomic mass is 9.84. The topological polar surface area (TPSA) is 22.1 Å². The van der Waals surface area contributed by atoms with Crippen LogP contribution in [0.2, 0.25) is 0 Å². The Morgan fingerprint density at radius 3 is 1.15 bits per heavy atom. The van der Waals surface area contributed by atoms with Gasteiger partial charge in [0.1, 0.15) is 6.54 Å². The summed E-state index contributed by atoms with van der Waals surface area (Å²) in [5.41, 5.74) is 2.06. The van der Waals surface area contributed by atoms with Gasteiger partial charge in [0.05, 0.1) is 20.7 Å². The zero-order chi connectivity index (χ0) is 50.5.